The predicted molar refractivity (Wildman–Crippen MR) is 99.1 cm³/mol. The molecule has 8 nitrogen and oxygen atoms in total. The molecule has 2 aromatic carbocycles. The van der Waals surface area contributed by atoms with Gasteiger partial charge in [-0.25, -0.2) is 13.2 Å². The van der Waals surface area contributed by atoms with Crippen molar-refractivity contribution in [1.82, 2.24) is 5.32 Å². The van der Waals surface area contributed by atoms with Crippen LogP contribution in [0.4, 0.5) is 5.69 Å². The van der Waals surface area contributed by atoms with Crippen LogP contribution in [-0.4, -0.2) is 45.2 Å². The molecule has 0 bridgehead atoms. The fourth-order valence-electron chi connectivity index (χ4n) is 2.10. The van der Waals surface area contributed by atoms with Gasteiger partial charge < -0.3 is 15.2 Å². The van der Waals surface area contributed by atoms with Gasteiger partial charge in [-0.1, -0.05) is 17.7 Å². The lowest BCUT2D eigenvalue weighted by molar-refractivity contribution is -0.143. The van der Waals surface area contributed by atoms with E-state index in [0.29, 0.717) is 10.7 Å². The number of amides is 1. The first-order valence-corrected chi connectivity index (χ1v) is 9.51. The Balaban J connectivity index is 2.21. The smallest absolute Gasteiger partial charge is 0.330 e. The van der Waals surface area contributed by atoms with Crippen molar-refractivity contribution < 1.29 is 27.9 Å². The Morgan fingerprint density at radius 1 is 1.19 bits per heavy atom. The Hall–Kier alpha value is -2.62. The van der Waals surface area contributed by atoms with Gasteiger partial charge in [0, 0.05) is 16.3 Å². The molecule has 1 amide bonds. The molecule has 144 valence electrons. The van der Waals surface area contributed by atoms with Crippen LogP contribution in [0, 0.1) is 0 Å². The number of carbonyl (C=O) groups is 2. The maximum absolute atomic E-state index is 12.5. The van der Waals surface area contributed by atoms with Crippen LogP contribution >= 0.6 is 11.6 Å². The molecule has 0 aliphatic rings. The molecular weight excluding hydrogens is 396 g/mol. The Morgan fingerprint density at radius 2 is 1.85 bits per heavy atom. The molecule has 27 heavy (non-hydrogen) atoms. The van der Waals surface area contributed by atoms with Crippen LogP contribution in [0.5, 0.6) is 0 Å². The highest BCUT2D eigenvalue weighted by Gasteiger charge is 2.22. The van der Waals surface area contributed by atoms with Crippen molar-refractivity contribution in [1.29, 1.82) is 0 Å². The summed E-state index contributed by atoms with van der Waals surface area (Å²) in [6.45, 7) is -0.658. The van der Waals surface area contributed by atoms with Gasteiger partial charge in [0.15, 0.2) is 6.04 Å². The molecule has 0 aromatic heterocycles. The van der Waals surface area contributed by atoms with Crippen LogP contribution in [0.15, 0.2) is 53.4 Å². The largest absolute Gasteiger partial charge is 0.467 e. The van der Waals surface area contributed by atoms with Crippen LogP contribution in [0.1, 0.15) is 10.4 Å². The van der Waals surface area contributed by atoms with Crippen molar-refractivity contribution in [3.8, 4) is 0 Å². The standard InChI is InChI=1S/C17H17ClN2O6S/c1-26-17(23)15(10-21)19-16(22)11-3-2-4-14(9-11)27(24,25)20-13-7-5-12(18)6-8-13/h2-9,15,20-21H,10H2,1H3,(H,19,22)/t15-/m0/s1. The van der Waals surface area contributed by atoms with E-state index in [-0.39, 0.29) is 10.5 Å². The van der Waals surface area contributed by atoms with Crippen molar-refractivity contribution in [2.45, 2.75) is 10.9 Å². The average Bonchev–Trinajstić information content (AvgIpc) is 2.67. The maximum Gasteiger partial charge on any atom is 0.330 e. The van der Waals surface area contributed by atoms with Crippen molar-refractivity contribution in [3.05, 3.63) is 59.1 Å². The molecule has 0 saturated heterocycles. The monoisotopic (exact) mass is 412 g/mol. The third-order valence-corrected chi connectivity index (χ3v) is 5.11. The number of halogens is 1. The van der Waals surface area contributed by atoms with Gasteiger partial charge in [0.1, 0.15) is 0 Å². The minimum atomic E-state index is -3.95. The number of sulfonamides is 1. The molecule has 0 spiro atoms. The van der Waals surface area contributed by atoms with Crippen molar-refractivity contribution in [3.63, 3.8) is 0 Å². The maximum atomic E-state index is 12.5. The van der Waals surface area contributed by atoms with Gasteiger partial charge in [-0.15, -0.1) is 0 Å². The van der Waals surface area contributed by atoms with Crippen LogP contribution in [0.2, 0.25) is 5.02 Å². The summed E-state index contributed by atoms with van der Waals surface area (Å²) in [6.07, 6.45) is 0. The second-order valence-electron chi connectivity index (χ2n) is 5.37. The number of carbonyl (C=O) groups excluding carboxylic acids is 2. The van der Waals surface area contributed by atoms with E-state index in [9.17, 15) is 18.0 Å². The lowest BCUT2D eigenvalue weighted by atomic mass is 10.2. The number of benzene rings is 2. The molecule has 0 unspecified atom stereocenters. The summed E-state index contributed by atoms with van der Waals surface area (Å²) in [4.78, 5) is 23.6. The summed E-state index contributed by atoms with van der Waals surface area (Å²) in [6, 6.07) is 10.0. The Kier molecular flexibility index (Phi) is 6.78. The lowest BCUT2D eigenvalue weighted by Gasteiger charge is -2.14. The molecule has 10 heteroatoms. The summed E-state index contributed by atoms with van der Waals surface area (Å²) >= 11 is 5.77. The summed E-state index contributed by atoms with van der Waals surface area (Å²) < 4.78 is 31.8. The molecular formula is C17H17ClN2O6S. The molecule has 2 rings (SSSR count). The second-order valence-corrected chi connectivity index (χ2v) is 7.49. The van der Waals surface area contributed by atoms with Crippen molar-refractivity contribution in [2.24, 2.45) is 0 Å². The van der Waals surface area contributed by atoms with Crippen molar-refractivity contribution >= 4 is 39.2 Å². The van der Waals surface area contributed by atoms with E-state index in [2.05, 4.69) is 14.8 Å². The highest BCUT2D eigenvalue weighted by atomic mass is 35.5. The fraction of sp³-hybridized carbons (Fsp3) is 0.176. The molecule has 0 radical (unpaired) electrons. The predicted octanol–water partition coefficient (Wildman–Crippen LogP) is 1.40. The number of aliphatic hydroxyl groups excluding tert-OH is 1. The third-order valence-electron chi connectivity index (χ3n) is 3.48. The van der Waals surface area contributed by atoms with E-state index in [1.165, 1.54) is 42.5 Å². The van der Waals surface area contributed by atoms with Crippen LogP contribution < -0.4 is 10.0 Å². The first-order chi connectivity index (χ1) is 12.8. The molecule has 0 heterocycles. The minimum Gasteiger partial charge on any atom is -0.467 e. The van der Waals surface area contributed by atoms with Gasteiger partial charge in [-0.05, 0) is 42.5 Å². The number of ether oxygens (including phenoxy) is 1. The van der Waals surface area contributed by atoms with Gasteiger partial charge in [0.2, 0.25) is 0 Å². The van der Waals surface area contributed by atoms with Crippen LogP contribution in [-0.2, 0) is 19.6 Å². The van der Waals surface area contributed by atoms with Gasteiger partial charge >= 0.3 is 5.97 Å². The normalized spacial score (nSPS) is 12.1. The average molecular weight is 413 g/mol. The quantitative estimate of drug-likeness (QED) is 0.591. The lowest BCUT2D eigenvalue weighted by Crippen LogP contribution is -2.44. The first-order valence-electron chi connectivity index (χ1n) is 7.65. The number of anilines is 1. The zero-order valence-corrected chi connectivity index (χ0v) is 15.8. The molecule has 0 fully saturated rings. The molecule has 3 N–H and O–H groups in total. The van der Waals surface area contributed by atoms with E-state index in [1.807, 2.05) is 0 Å². The fourth-order valence-corrected chi connectivity index (χ4v) is 3.33. The number of methoxy groups -OCH3 is 1. The Labute approximate surface area is 161 Å². The summed E-state index contributed by atoms with van der Waals surface area (Å²) in [5, 5.41) is 11.9. The number of hydrogen-bond donors (Lipinski definition) is 3. The molecule has 0 aliphatic heterocycles. The number of aliphatic hydroxyl groups is 1. The van der Waals surface area contributed by atoms with Gasteiger partial charge in [0.05, 0.1) is 18.6 Å². The SMILES string of the molecule is COC(=O)[C@H](CO)NC(=O)c1cccc(S(=O)(=O)Nc2ccc(Cl)cc2)c1. The summed E-state index contributed by atoms with van der Waals surface area (Å²) in [5.74, 6) is -1.55. The van der Waals surface area contributed by atoms with E-state index in [0.717, 1.165) is 13.2 Å². The van der Waals surface area contributed by atoms with E-state index >= 15 is 0 Å². The number of rotatable bonds is 7. The van der Waals surface area contributed by atoms with Gasteiger partial charge in [-0.3, -0.25) is 9.52 Å². The zero-order chi connectivity index (χ0) is 20.0. The third kappa shape index (κ3) is 5.43. The van der Waals surface area contributed by atoms with E-state index < -0.39 is 34.5 Å². The Bertz CT molecular complexity index is 931. The summed E-state index contributed by atoms with van der Waals surface area (Å²) in [5.41, 5.74) is 0.302. The van der Waals surface area contributed by atoms with E-state index in [1.54, 1.807) is 0 Å². The molecule has 1 atom stereocenters. The van der Waals surface area contributed by atoms with Gasteiger partial charge in [-0.2, -0.15) is 0 Å². The van der Waals surface area contributed by atoms with Crippen LogP contribution in [0.25, 0.3) is 0 Å². The number of nitrogens with one attached hydrogen (secondary N) is 2. The highest BCUT2D eigenvalue weighted by Crippen LogP contribution is 2.19. The number of hydrogen-bond acceptors (Lipinski definition) is 6. The summed E-state index contributed by atoms with van der Waals surface area (Å²) in [7, 11) is -2.83. The zero-order valence-electron chi connectivity index (χ0n) is 14.2. The van der Waals surface area contributed by atoms with Gasteiger partial charge in [0.25, 0.3) is 15.9 Å². The minimum absolute atomic E-state index is 0.00339. The molecule has 2 aromatic rings. The first kappa shape index (κ1) is 20.7. The number of esters is 1. The topological polar surface area (TPSA) is 122 Å². The molecule has 0 aliphatic carbocycles. The second kappa shape index (κ2) is 8.85. The van der Waals surface area contributed by atoms with Crippen molar-refractivity contribution in [2.75, 3.05) is 18.4 Å². The van der Waals surface area contributed by atoms with Crippen LogP contribution in [0.3, 0.4) is 0 Å². The molecule has 0 saturated carbocycles. The van der Waals surface area contributed by atoms with E-state index in [4.69, 9.17) is 16.7 Å². The highest BCUT2D eigenvalue weighted by molar-refractivity contribution is 7.92. The Morgan fingerprint density at radius 3 is 2.44 bits per heavy atom.